The van der Waals surface area contributed by atoms with E-state index in [1.54, 1.807) is 12.1 Å². The van der Waals surface area contributed by atoms with Gasteiger partial charge in [-0.3, -0.25) is 9.69 Å². The van der Waals surface area contributed by atoms with E-state index in [0.29, 0.717) is 40.1 Å². The summed E-state index contributed by atoms with van der Waals surface area (Å²) in [6.45, 7) is 6.90. The summed E-state index contributed by atoms with van der Waals surface area (Å²) < 4.78 is 43.3. The van der Waals surface area contributed by atoms with Gasteiger partial charge in [0.25, 0.3) is 10.0 Å². The van der Waals surface area contributed by atoms with Gasteiger partial charge in [-0.25, -0.2) is 17.8 Å². The molecule has 0 aliphatic carbocycles. The zero-order valence-electron chi connectivity index (χ0n) is 18.9. The molecule has 34 heavy (non-hydrogen) atoms. The topological polar surface area (TPSA) is 73.8 Å². The Balaban J connectivity index is 1.68. The van der Waals surface area contributed by atoms with Gasteiger partial charge in [-0.2, -0.15) is 4.31 Å². The summed E-state index contributed by atoms with van der Waals surface area (Å²) in [6, 6.07) is 6.87. The molecule has 1 saturated heterocycles. The zero-order chi connectivity index (χ0) is 24.5. The number of hydrogen-bond acceptors (Lipinski definition) is 7. The molecule has 1 fully saturated rings. The van der Waals surface area contributed by atoms with Crippen LogP contribution in [0.1, 0.15) is 26.7 Å². The van der Waals surface area contributed by atoms with Gasteiger partial charge in [-0.05, 0) is 50.2 Å². The lowest BCUT2D eigenvalue weighted by atomic mass is 10.2. The first-order valence-electron chi connectivity index (χ1n) is 11.1. The molecule has 12 heteroatoms. The minimum Gasteiger partial charge on any atom is -0.302 e. The molecule has 1 aliphatic rings. The molecule has 7 nitrogen and oxygen atoms in total. The van der Waals surface area contributed by atoms with E-state index in [-0.39, 0.29) is 22.2 Å². The Hall–Kier alpha value is -1.63. The number of aromatic nitrogens is 1. The van der Waals surface area contributed by atoms with Gasteiger partial charge < -0.3 is 4.90 Å². The first kappa shape index (κ1) is 25.5. The van der Waals surface area contributed by atoms with E-state index >= 15 is 0 Å². The van der Waals surface area contributed by atoms with Crippen molar-refractivity contribution in [1.82, 2.24) is 14.2 Å². The van der Waals surface area contributed by atoms with E-state index in [0.717, 1.165) is 24.4 Å². The Bertz CT molecular complexity index is 1280. The number of amides is 1. The van der Waals surface area contributed by atoms with E-state index in [4.69, 9.17) is 11.6 Å². The summed E-state index contributed by atoms with van der Waals surface area (Å²) in [5.74, 6) is -0.786. The standard InChI is InChI=1S/C22H26ClFN4O3S3/c1-3-26(4-2)13-14-27(22-25-20-15(24)7-5-9-17(20)32-22)21(29)16-8-6-12-28(16)34(30,31)19-11-10-18(23)33-19/h5,7,9-11,16H,3-4,6,8,12-14H2,1-2H3. The molecule has 4 rings (SSSR count). The lowest BCUT2D eigenvalue weighted by Gasteiger charge is -2.29. The van der Waals surface area contributed by atoms with Gasteiger partial charge in [-0.1, -0.05) is 42.9 Å². The van der Waals surface area contributed by atoms with Crippen LogP contribution in [0.4, 0.5) is 9.52 Å². The number of thiophene rings is 1. The van der Waals surface area contributed by atoms with E-state index < -0.39 is 21.9 Å². The number of thiazole rings is 1. The average Bonchev–Trinajstić information content (AvgIpc) is 3.56. The van der Waals surface area contributed by atoms with Crippen LogP contribution in [0.3, 0.4) is 0 Å². The van der Waals surface area contributed by atoms with Gasteiger partial charge in [0.15, 0.2) is 5.13 Å². The van der Waals surface area contributed by atoms with Crippen molar-refractivity contribution in [1.29, 1.82) is 0 Å². The van der Waals surface area contributed by atoms with Crippen molar-refractivity contribution in [3.8, 4) is 0 Å². The summed E-state index contributed by atoms with van der Waals surface area (Å²) in [6.07, 6.45) is 0.991. The van der Waals surface area contributed by atoms with Gasteiger partial charge in [0, 0.05) is 19.6 Å². The smallest absolute Gasteiger partial charge is 0.253 e. The van der Waals surface area contributed by atoms with E-state index in [9.17, 15) is 17.6 Å². The molecule has 0 spiro atoms. The van der Waals surface area contributed by atoms with Crippen LogP contribution in [0, 0.1) is 5.82 Å². The summed E-state index contributed by atoms with van der Waals surface area (Å²) in [5.41, 5.74) is 0.215. The monoisotopic (exact) mass is 544 g/mol. The van der Waals surface area contributed by atoms with Crippen LogP contribution < -0.4 is 4.90 Å². The number of carbonyl (C=O) groups excluding carboxylic acids is 1. The van der Waals surface area contributed by atoms with Crippen molar-refractivity contribution in [2.75, 3.05) is 37.6 Å². The van der Waals surface area contributed by atoms with Crippen molar-refractivity contribution in [3.05, 3.63) is 40.5 Å². The van der Waals surface area contributed by atoms with Gasteiger partial charge in [0.2, 0.25) is 5.91 Å². The summed E-state index contributed by atoms with van der Waals surface area (Å²) >= 11 is 8.18. The van der Waals surface area contributed by atoms with E-state index in [2.05, 4.69) is 9.88 Å². The number of carbonyl (C=O) groups is 1. The van der Waals surface area contributed by atoms with Crippen LogP contribution in [0.2, 0.25) is 4.34 Å². The fourth-order valence-electron chi connectivity index (χ4n) is 4.11. The predicted octanol–water partition coefficient (Wildman–Crippen LogP) is 4.68. The number of para-hydroxylation sites is 1. The molecule has 184 valence electrons. The third-order valence-electron chi connectivity index (χ3n) is 5.99. The molecule has 1 aromatic carbocycles. The Morgan fingerprint density at radius 3 is 2.62 bits per heavy atom. The third kappa shape index (κ3) is 5.00. The summed E-state index contributed by atoms with van der Waals surface area (Å²) in [5, 5.41) is 0.376. The number of nitrogens with zero attached hydrogens (tertiary/aromatic N) is 4. The quantitative estimate of drug-likeness (QED) is 0.391. The largest absolute Gasteiger partial charge is 0.302 e. The number of fused-ring (bicyclic) bond motifs is 1. The zero-order valence-corrected chi connectivity index (χ0v) is 22.1. The molecule has 1 unspecified atom stereocenters. The first-order valence-corrected chi connectivity index (χ1v) is 14.6. The summed E-state index contributed by atoms with van der Waals surface area (Å²) in [7, 11) is -3.87. The van der Waals surface area contributed by atoms with Gasteiger partial charge >= 0.3 is 0 Å². The van der Waals surface area contributed by atoms with Crippen LogP contribution >= 0.6 is 34.3 Å². The van der Waals surface area contributed by atoms with Crippen molar-refractivity contribution >= 4 is 65.6 Å². The Labute approximate surface area is 211 Å². The maximum atomic E-state index is 14.3. The molecular formula is C22H26ClFN4O3S3. The molecule has 1 amide bonds. The average molecular weight is 545 g/mol. The minimum absolute atomic E-state index is 0.119. The molecule has 2 aromatic heterocycles. The number of rotatable bonds is 9. The van der Waals surface area contributed by atoms with Crippen molar-refractivity contribution in [3.63, 3.8) is 0 Å². The van der Waals surface area contributed by atoms with Crippen molar-refractivity contribution in [2.24, 2.45) is 0 Å². The van der Waals surface area contributed by atoms with E-state index in [1.807, 2.05) is 13.8 Å². The van der Waals surface area contributed by atoms with Crippen LogP contribution in [0.25, 0.3) is 10.2 Å². The fraction of sp³-hybridized carbons (Fsp3) is 0.455. The van der Waals surface area contributed by atoms with Crippen molar-refractivity contribution < 1.29 is 17.6 Å². The van der Waals surface area contributed by atoms with E-state index in [1.165, 1.54) is 38.7 Å². The highest BCUT2D eigenvalue weighted by atomic mass is 35.5. The second-order valence-corrected chi connectivity index (χ2v) is 12.8. The Morgan fingerprint density at radius 1 is 1.21 bits per heavy atom. The number of anilines is 1. The highest BCUT2D eigenvalue weighted by Gasteiger charge is 2.42. The van der Waals surface area contributed by atoms with Crippen molar-refractivity contribution in [2.45, 2.75) is 36.9 Å². The molecule has 0 radical (unpaired) electrons. The van der Waals surface area contributed by atoms with Crippen LogP contribution in [-0.2, 0) is 14.8 Å². The molecule has 0 bridgehead atoms. The first-order chi connectivity index (χ1) is 16.3. The number of hydrogen-bond donors (Lipinski definition) is 0. The third-order valence-corrected chi connectivity index (χ3v) is 10.6. The van der Waals surface area contributed by atoms with Gasteiger partial charge in [-0.15, -0.1) is 11.3 Å². The molecular weight excluding hydrogens is 519 g/mol. The van der Waals surface area contributed by atoms with Crippen LogP contribution in [-0.4, -0.2) is 67.3 Å². The Kier molecular flexibility index (Phi) is 7.90. The van der Waals surface area contributed by atoms with Crippen LogP contribution in [0.15, 0.2) is 34.5 Å². The fourth-order valence-corrected chi connectivity index (χ4v) is 8.38. The number of likely N-dealkylation sites (N-methyl/N-ethyl adjacent to an activating group) is 1. The molecule has 0 N–H and O–H groups in total. The molecule has 1 atom stereocenters. The number of benzene rings is 1. The van der Waals surface area contributed by atoms with Crippen LogP contribution in [0.5, 0.6) is 0 Å². The minimum atomic E-state index is -3.87. The SMILES string of the molecule is CCN(CC)CCN(C(=O)C1CCCN1S(=O)(=O)c1ccc(Cl)s1)c1nc2c(F)cccc2s1. The second-order valence-electron chi connectivity index (χ2n) is 7.93. The molecule has 1 aliphatic heterocycles. The lowest BCUT2D eigenvalue weighted by Crippen LogP contribution is -2.49. The normalized spacial score (nSPS) is 17.1. The molecule has 3 heterocycles. The highest BCUT2D eigenvalue weighted by Crippen LogP contribution is 2.35. The summed E-state index contributed by atoms with van der Waals surface area (Å²) in [4.78, 5) is 22.0. The highest BCUT2D eigenvalue weighted by molar-refractivity contribution is 7.91. The van der Waals surface area contributed by atoms with Gasteiger partial charge in [0.05, 0.1) is 9.04 Å². The number of sulfonamides is 1. The number of halogens is 2. The second kappa shape index (κ2) is 10.5. The Morgan fingerprint density at radius 2 is 1.97 bits per heavy atom. The maximum absolute atomic E-state index is 14.3. The molecule has 0 saturated carbocycles. The predicted molar refractivity (Wildman–Crippen MR) is 136 cm³/mol. The lowest BCUT2D eigenvalue weighted by molar-refractivity contribution is -0.121. The molecule has 3 aromatic rings. The maximum Gasteiger partial charge on any atom is 0.253 e. The van der Waals surface area contributed by atoms with Gasteiger partial charge in [0.1, 0.15) is 21.6 Å².